The Morgan fingerprint density at radius 1 is 1.14 bits per heavy atom. The lowest BCUT2D eigenvalue weighted by atomic mass is 9.72. The van der Waals surface area contributed by atoms with Gasteiger partial charge in [0.05, 0.1) is 30.9 Å². The van der Waals surface area contributed by atoms with Gasteiger partial charge in [-0.25, -0.2) is 24.4 Å². The van der Waals surface area contributed by atoms with Crippen molar-refractivity contribution in [2.24, 2.45) is 5.41 Å². The van der Waals surface area contributed by atoms with Crippen LogP contribution in [0.25, 0.3) is 32.6 Å². The van der Waals surface area contributed by atoms with Gasteiger partial charge in [0, 0.05) is 53.9 Å². The summed E-state index contributed by atoms with van der Waals surface area (Å²) in [6, 6.07) is 5.54. The second kappa shape index (κ2) is 14.3. The average molecular weight is 731 g/mol. The van der Waals surface area contributed by atoms with Gasteiger partial charge in [0.1, 0.15) is 16.4 Å². The molecule has 51 heavy (non-hydrogen) atoms. The van der Waals surface area contributed by atoms with E-state index in [0.717, 1.165) is 16.7 Å². The molecule has 0 bridgehead atoms. The van der Waals surface area contributed by atoms with E-state index < -0.39 is 46.3 Å². The number of aromatic nitrogens is 3. The van der Waals surface area contributed by atoms with Crippen LogP contribution in [0, 0.1) is 5.41 Å². The summed E-state index contributed by atoms with van der Waals surface area (Å²) in [5, 5.41) is 16.3. The number of nitrogens with zero attached hydrogens (tertiary/aromatic N) is 4. The third-order valence-electron chi connectivity index (χ3n) is 8.77. The van der Waals surface area contributed by atoms with Crippen molar-refractivity contribution in [1.82, 2.24) is 24.8 Å². The predicted octanol–water partition coefficient (Wildman–Crippen LogP) is 6.32. The minimum Gasteiger partial charge on any atom is -0.465 e. The van der Waals surface area contributed by atoms with Gasteiger partial charge in [0.25, 0.3) is 0 Å². The first-order valence-corrected chi connectivity index (χ1v) is 16.9. The molecule has 5 rings (SSSR count). The molecule has 0 spiro atoms. The van der Waals surface area contributed by atoms with Gasteiger partial charge in [-0.1, -0.05) is 26.8 Å². The van der Waals surface area contributed by atoms with E-state index in [0.29, 0.717) is 17.6 Å². The molecular formula is C34H37F3N6O7S. The number of esters is 1. The minimum absolute atomic E-state index is 0.00232. The number of pyridine rings is 2. The lowest BCUT2D eigenvalue weighted by molar-refractivity contribution is -0.140. The molecule has 272 valence electrons. The van der Waals surface area contributed by atoms with Crippen molar-refractivity contribution in [2.45, 2.75) is 52.9 Å². The van der Waals surface area contributed by atoms with E-state index in [1.165, 1.54) is 29.4 Å². The number of hydrogen-bond donors (Lipinski definition) is 3. The molecule has 4 heterocycles. The van der Waals surface area contributed by atoms with Crippen LogP contribution >= 0.6 is 11.3 Å². The van der Waals surface area contributed by atoms with Gasteiger partial charge in [-0.15, -0.1) is 11.3 Å². The Morgan fingerprint density at radius 3 is 2.51 bits per heavy atom. The van der Waals surface area contributed by atoms with Crippen molar-refractivity contribution < 1.29 is 42.1 Å². The molecule has 3 N–H and O–H groups in total. The van der Waals surface area contributed by atoms with E-state index in [4.69, 9.17) is 9.47 Å². The van der Waals surface area contributed by atoms with Gasteiger partial charge < -0.3 is 24.5 Å². The molecule has 17 heteroatoms. The van der Waals surface area contributed by atoms with Gasteiger partial charge in [0.15, 0.2) is 5.69 Å². The fraction of sp³-hybridized carbons (Fsp3) is 0.412. The molecule has 0 aliphatic carbocycles. The molecule has 0 unspecified atom stereocenters. The molecule has 3 amide bonds. The summed E-state index contributed by atoms with van der Waals surface area (Å²) in [6.07, 6.45) is -3.15. The third kappa shape index (κ3) is 7.39. The summed E-state index contributed by atoms with van der Waals surface area (Å²) in [4.78, 5) is 61.3. The lowest BCUT2D eigenvalue weighted by Crippen LogP contribution is -2.67. The number of ether oxygens (including phenoxy) is 2. The maximum atomic E-state index is 14.0. The van der Waals surface area contributed by atoms with Crippen LogP contribution in [-0.4, -0.2) is 81.1 Å². The molecule has 1 saturated heterocycles. The van der Waals surface area contributed by atoms with Crippen LogP contribution in [0.15, 0.2) is 46.8 Å². The SMILES string of the molecule is CCNC(=O)Nc1cc(-c2nc(C(F)(F)F)cs2)c(-c2ccc3c(c2)c(=O)c(C(=O)OCC)cn3C[C@]2(C(C)(C)C)COCCN2C(=O)O)cn1. The maximum Gasteiger partial charge on any atom is 0.434 e. The molecule has 1 aliphatic heterocycles. The van der Waals surface area contributed by atoms with E-state index in [9.17, 15) is 37.5 Å². The molecule has 1 aliphatic rings. The van der Waals surface area contributed by atoms with Gasteiger partial charge >= 0.3 is 24.3 Å². The van der Waals surface area contributed by atoms with E-state index >= 15 is 0 Å². The third-order valence-corrected chi connectivity index (χ3v) is 9.65. The van der Waals surface area contributed by atoms with Crippen LogP contribution in [0.2, 0.25) is 0 Å². The Bertz CT molecular complexity index is 2040. The molecule has 1 aromatic carbocycles. The molecule has 0 saturated carbocycles. The summed E-state index contributed by atoms with van der Waals surface area (Å²) < 4.78 is 53.4. The monoisotopic (exact) mass is 730 g/mol. The van der Waals surface area contributed by atoms with Crippen LogP contribution in [0.3, 0.4) is 0 Å². The zero-order chi connectivity index (χ0) is 37.3. The number of hydrogen-bond acceptors (Lipinski definition) is 9. The summed E-state index contributed by atoms with van der Waals surface area (Å²) in [5.41, 5.74) is -2.68. The van der Waals surface area contributed by atoms with E-state index in [-0.39, 0.29) is 65.8 Å². The normalized spacial score (nSPS) is 16.6. The van der Waals surface area contributed by atoms with Crippen molar-refractivity contribution >= 4 is 46.2 Å². The van der Waals surface area contributed by atoms with Crippen molar-refractivity contribution in [3.05, 3.63) is 63.5 Å². The zero-order valence-corrected chi connectivity index (χ0v) is 29.3. The van der Waals surface area contributed by atoms with Crippen LogP contribution in [-0.2, 0) is 22.2 Å². The highest BCUT2D eigenvalue weighted by Crippen LogP contribution is 2.42. The number of fused-ring (bicyclic) bond motifs is 1. The molecule has 1 fully saturated rings. The number of alkyl halides is 3. The van der Waals surface area contributed by atoms with Crippen molar-refractivity contribution in [2.75, 3.05) is 38.2 Å². The number of anilines is 1. The number of benzene rings is 1. The Hall–Kier alpha value is -5.03. The minimum atomic E-state index is -4.70. The highest BCUT2D eigenvalue weighted by Gasteiger charge is 2.51. The highest BCUT2D eigenvalue weighted by molar-refractivity contribution is 7.13. The van der Waals surface area contributed by atoms with Gasteiger partial charge in [0.2, 0.25) is 5.43 Å². The number of nitrogens with one attached hydrogen (secondary N) is 2. The summed E-state index contributed by atoms with van der Waals surface area (Å²) in [7, 11) is 0. The lowest BCUT2D eigenvalue weighted by Gasteiger charge is -2.53. The number of carbonyl (C=O) groups excluding carboxylic acids is 2. The second-order valence-corrected chi connectivity index (χ2v) is 13.7. The number of amides is 3. The standard InChI is InChI=1S/C34H37F3N6O7S/c1-6-38-30(46)41-26-13-20(28-40-25(16-51-28)34(35,36)37)22(14-39-26)19-8-9-24-21(12-19)27(44)23(29(45)50-7-2)15-42(24)17-33(32(3,4)5)18-49-11-10-43(33)31(47)48/h8-9,12-16H,6-7,10-11,17-18H2,1-5H3,(H,47,48)(H2,38,39,41,46)/t33-/m1/s1. The maximum absolute atomic E-state index is 14.0. The Kier molecular flexibility index (Phi) is 10.4. The number of morpholine rings is 1. The van der Waals surface area contributed by atoms with E-state index in [2.05, 4.69) is 20.6 Å². The number of halogens is 3. The van der Waals surface area contributed by atoms with Gasteiger partial charge in [-0.05, 0) is 43.0 Å². The fourth-order valence-corrected chi connectivity index (χ4v) is 6.92. The first-order chi connectivity index (χ1) is 24.0. The smallest absolute Gasteiger partial charge is 0.434 e. The Balaban J connectivity index is 1.73. The summed E-state index contributed by atoms with van der Waals surface area (Å²) >= 11 is 0.742. The Labute approximate surface area is 294 Å². The first-order valence-electron chi connectivity index (χ1n) is 16.0. The molecule has 3 aromatic heterocycles. The van der Waals surface area contributed by atoms with Crippen LogP contribution < -0.4 is 16.1 Å². The topological polar surface area (TPSA) is 165 Å². The number of urea groups is 1. The highest BCUT2D eigenvalue weighted by atomic mass is 32.1. The predicted molar refractivity (Wildman–Crippen MR) is 184 cm³/mol. The summed E-state index contributed by atoms with van der Waals surface area (Å²) in [5.74, 6) is -0.838. The van der Waals surface area contributed by atoms with Crippen molar-refractivity contribution in [1.29, 1.82) is 0 Å². The fourth-order valence-electron chi connectivity index (χ4n) is 6.07. The molecule has 1 atom stereocenters. The molecule has 0 radical (unpaired) electrons. The molecular weight excluding hydrogens is 693 g/mol. The number of thiazole rings is 1. The van der Waals surface area contributed by atoms with Gasteiger partial charge in [-0.2, -0.15) is 13.2 Å². The second-order valence-electron chi connectivity index (χ2n) is 12.9. The first kappa shape index (κ1) is 37.2. The van der Waals surface area contributed by atoms with E-state index in [1.54, 1.807) is 30.5 Å². The summed E-state index contributed by atoms with van der Waals surface area (Å²) in [6.45, 7) is 9.61. The number of carbonyl (C=O) groups is 3. The molecule has 13 nitrogen and oxygen atoms in total. The van der Waals surface area contributed by atoms with Gasteiger partial charge in [-0.3, -0.25) is 15.0 Å². The van der Waals surface area contributed by atoms with Crippen LogP contribution in [0.1, 0.15) is 50.7 Å². The average Bonchev–Trinajstić information content (AvgIpc) is 3.57. The zero-order valence-electron chi connectivity index (χ0n) is 28.5. The van der Waals surface area contributed by atoms with Crippen molar-refractivity contribution in [3.8, 4) is 21.7 Å². The number of carboxylic acid groups (broad SMARTS) is 1. The van der Waals surface area contributed by atoms with Crippen molar-refractivity contribution in [3.63, 3.8) is 0 Å². The Morgan fingerprint density at radius 2 is 1.88 bits per heavy atom. The van der Waals surface area contributed by atoms with Crippen LogP contribution in [0.4, 0.5) is 28.6 Å². The van der Waals surface area contributed by atoms with E-state index in [1.807, 2.05) is 20.8 Å². The number of rotatable bonds is 8. The quantitative estimate of drug-likeness (QED) is 0.176. The largest absolute Gasteiger partial charge is 0.465 e. The molecule has 4 aromatic rings. The van der Waals surface area contributed by atoms with Crippen LogP contribution in [0.5, 0.6) is 0 Å².